The average Bonchev–Trinajstić information content (AvgIpc) is 2.97. The highest BCUT2D eigenvalue weighted by molar-refractivity contribution is 7.89. The van der Waals surface area contributed by atoms with E-state index in [9.17, 15) is 8.42 Å². The minimum Gasteiger partial charge on any atom is -0.486 e. The van der Waals surface area contributed by atoms with Gasteiger partial charge in [-0.1, -0.05) is 6.42 Å². The third-order valence-electron chi connectivity index (χ3n) is 4.99. The van der Waals surface area contributed by atoms with Crippen molar-refractivity contribution >= 4 is 10.0 Å². The standard InChI is InChI=1S/C16H22N2O4S/c19-23(20,12-4-5-15-16(11-12)22-10-9-21-15)17-13-6-8-18-7-2-1-3-14(13)18/h4-5,11,13-14,17H,1-3,6-10H2/t13-,14+/m1/s1. The van der Waals surface area contributed by atoms with E-state index in [4.69, 9.17) is 9.47 Å². The quantitative estimate of drug-likeness (QED) is 0.901. The molecule has 1 N–H and O–H groups in total. The zero-order valence-electron chi connectivity index (χ0n) is 13.0. The predicted octanol–water partition coefficient (Wildman–Crippen LogP) is 1.36. The highest BCUT2D eigenvalue weighted by atomic mass is 32.2. The molecule has 1 aromatic rings. The summed E-state index contributed by atoms with van der Waals surface area (Å²) in [7, 11) is -3.54. The third kappa shape index (κ3) is 2.93. The fourth-order valence-corrected chi connectivity index (χ4v) is 5.16. The normalized spacial score (nSPS) is 27.7. The van der Waals surface area contributed by atoms with E-state index in [0.717, 1.165) is 25.9 Å². The summed E-state index contributed by atoms with van der Waals surface area (Å²) in [6.45, 7) is 3.02. The minimum absolute atomic E-state index is 0.00787. The molecule has 7 heteroatoms. The van der Waals surface area contributed by atoms with Crippen LogP contribution in [0.2, 0.25) is 0 Å². The molecule has 0 bridgehead atoms. The molecule has 3 heterocycles. The van der Waals surface area contributed by atoms with Gasteiger partial charge in [-0.15, -0.1) is 0 Å². The Bertz CT molecular complexity index is 691. The first-order chi connectivity index (χ1) is 11.1. The maximum absolute atomic E-state index is 12.7. The number of fused-ring (bicyclic) bond motifs is 2. The second kappa shape index (κ2) is 5.96. The summed E-state index contributed by atoms with van der Waals surface area (Å²) in [5, 5.41) is 0. The summed E-state index contributed by atoms with van der Waals surface area (Å²) in [5.41, 5.74) is 0. The second-order valence-corrected chi connectivity index (χ2v) is 8.13. The van der Waals surface area contributed by atoms with Crippen LogP contribution in [-0.2, 0) is 10.0 Å². The molecule has 3 aliphatic rings. The van der Waals surface area contributed by atoms with Crippen LogP contribution in [0.15, 0.2) is 23.1 Å². The molecular formula is C16H22N2O4S. The first-order valence-electron chi connectivity index (χ1n) is 8.29. The Kier molecular flexibility index (Phi) is 3.95. The first-order valence-corrected chi connectivity index (χ1v) is 9.78. The van der Waals surface area contributed by atoms with Crippen LogP contribution in [0.3, 0.4) is 0 Å². The van der Waals surface area contributed by atoms with Crippen LogP contribution in [0, 0.1) is 0 Å². The molecule has 2 saturated heterocycles. The number of ether oxygens (including phenoxy) is 2. The average molecular weight is 338 g/mol. The van der Waals surface area contributed by atoms with Crippen molar-refractivity contribution < 1.29 is 17.9 Å². The zero-order chi connectivity index (χ0) is 15.9. The van der Waals surface area contributed by atoms with E-state index in [1.807, 2.05) is 0 Å². The van der Waals surface area contributed by atoms with Crippen molar-refractivity contribution in [3.05, 3.63) is 18.2 Å². The van der Waals surface area contributed by atoms with Crippen LogP contribution in [0.4, 0.5) is 0 Å². The van der Waals surface area contributed by atoms with Gasteiger partial charge in [-0.25, -0.2) is 13.1 Å². The van der Waals surface area contributed by atoms with Crippen LogP contribution in [0.5, 0.6) is 11.5 Å². The molecule has 23 heavy (non-hydrogen) atoms. The summed E-state index contributed by atoms with van der Waals surface area (Å²) in [6.07, 6.45) is 4.37. The number of nitrogens with one attached hydrogen (secondary N) is 1. The third-order valence-corrected chi connectivity index (χ3v) is 6.47. The van der Waals surface area contributed by atoms with Crippen LogP contribution < -0.4 is 14.2 Å². The fraction of sp³-hybridized carbons (Fsp3) is 0.625. The number of nitrogens with zero attached hydrogens (tertiary/aromatic N) is 1. The molecule has 6 nitrogen and oxygen atoms in total. The fourth-order valence-electron chi connectivity index (χ4n) is 3.84. The lowest BCUT2D eigenvalue weighted by Crippen LogP contribution is -2.46. The molecule has 0 unspecified atom stereocenters. The van der Waals surface area contributed by atoms with Gasteiger partial charge in [0, 0.05) is 24.7 Å². The van der Waals surface area contributed by atoms with Crippen LogP contribution in [-0.4, -0.2) is 51.7 Å². The molecule has 2 fully saturated rings. The largest absolute Gasteiger partial charge is 0.486 e. The van der Waals surface area contributed by atoms with E-state index in [1.54, 1.807) is 18.2 Å². The molecule has 0 saturated carbocycles. The number of sulfonamides is 1. The van der Waals surface area contributed by atoms with Gasteiger partial charge in [0.2, 0.25) is 10.0 Å². The molecule has 0 spiro atoms. The van der Waals surface area contributed by atoms with Crippen molar-refractivity contribution in [2.24, 2.45) is 0 Å². The van der Waals surface area contributed by atoms with Crippen molar-refractivity contribution in [2.45, 2.75) is 42.7 Å². The maximum Gasteiger partial charge on any atom is 0.241 e. The Morgan fingerprint density at radius 2 is 1.87 bits per heavy atom. The molecule has 1 aromatic carbocycles. The van der Waals surface area contributed by atoms with Crippen molar-refractivity contribution in [3.63, 3.8) is 0 Å². The molecule has 0 radical (unpaired) electrons. The summed E-state index contributed by atoms with van der Waals surface area (Å²) < 4.78 is 39.3. The molecular weight excluding hydrogens is 316 g/mol. The first kappa shape index (κ1) is 15.2. The van der Waals surface area contributed by atoms with Crippen LogP contribution >= 0.6 is 0 Å². The number of piperidine rings is 1. The minimum atomic E-state index is -3.54. The lowest BCUT2D eigenvalue weighted by molar-refractivity contribution is 0.171. The van der Waals surface area contributed by atoms with Gasteiger partial charge in [0.1, 0.15) is 13.2 Å². The van der Waals surface area contributed by atoms with Crippen molar-refractivity contribution in [1.82, 2.24) is 9.62 Å². The topological polar surface area (TPSA) is 67.9 Å². The van der Waals surface area contributed by atoms with Crippen molar-refractivity contribution in [1.29, 1.82) is 0 Å². The summed E-state index contributed by atoms with van der Waals surface area (Å²) in [4.78, 5) is 2.66. The van der Waals surface area contributed by atoms with Gasteiger partial charge < -0.3 is 9.47 Å². The highest BCUT2D eigenvalue weighted by Crippen LogP contribution is 2.33. The maximum atomic E-state index is 12.7. The van der Waals surface area contributed by atoms with E-state index >= 15 is 0 Å². The number of benzene rings is 1. The van der Waals surface area contributed by atoms with E-state index in [2.05, 4.69) is 9.62 Å². The van der Waals surface area contributed by atoms with Gasteiger partial charge in [-0.2, -0.15) is 0 Å². The molecule has 2 atom stereocenters. The Labute approximate surface area is 136 Å². The summed E-state index contributed by atoms with van der Waals surface area (Å²) in [6, 6.07) is 5.17. The van der Waals surface area contributed by atoms with E-state index in [0.29, 0.717) is 30.8 Å². The molecule has 3 aliphatic heterocycles. The SMILES string of the molecule is O=S(=O)(N[C@@H]1CCN2CCCC[C@@H]12)c1ccc2c(c1)OCCO2. The second-order valence-electron chi connectivity index (χ2n) is 6.42. The molecule has 126 valence electrons. The molecule has 4 rings (SSSR count). The smallest absolute Gasteiger partial charge is 0.241 e. The lowest BCUT2D eigenvalue weighted by atomic mass is 10.00. The predicted molar refractivity (Wildman–Crippen MR) is 85.4 cm³/mol. The van der Waals surface area contributed by atoms with Gasteiger partial charge in [-0.05, 0) is 37.9 Å². The van der Waals surface area contributed by atoms with Gasteiger partial charge in [0.15, 0.2) is 11.5 Å². The lowest BCUT2D eigenvalue weighted by Gasteiger charge is -2.32. The van der Waals surface area contributed by atoms with Gasteiger partial charge in [0.05, 0.1) is 4.90 Å². The Balaban J connectivity index is 1.54. The highest BCUT2D eigenvalue weighted by Gasteiger charge is 2.37. The van der Waals surface area contributed by atoms with Crippen molar-refractivity contribution in [2.75, 3.05) is 26.3 Å². The monoisotopic (exact) mass is 338 g/mol. The van der Waals surface area contributed by atoms with Crippen LogP contribution in [0.25, 0.3) is 0 Å². The Hall–Kier alpha value is -1.31. The van der Waals surface area contributed by atoms with Crippen molar-refractivity contribution in [3.8, 4) is 11.5 Å². The molecule has 0 aliphatic carbocycles. The van der Waals surface area contributed by atoms with E-state index in [1.165, 1.54) is 12.8 Å². The summed E-state index contributed by atoms with van der Waals surface area (Å²) >= 11 is 0. The number of rotatable bonds is 3. The number of hydrogen-bond donors (Lipinski definition) is 1. The van der Waals surface area contributed by atoms with E-state index in [-0.39, 0.29) is 10.9 Å². The Morgan fingerprint density at radius 1 is 1.04 bits per heavy atom. The molecule has 0 aromatic heterocycles. The van der Waals surface area contributed by atoms with Gasteiger partial charge in [0.25, 0.3) is 0 Å². The Morgan fingerprint density at radius 3 is 2.74 bits per heavy atom. The zero-order valence-corrected chi connectivity index (χ0v) is 13.8. The molecule has 0 amide bonds. The van der Waals surface area contributed by atoms with Gasteiger partial charge in [-0.3, -0.25) is 4.90 Å². The van der Waals surface area contributed by atoms with Gasteiger partial charge >= 0.3 is 0 Å². The van der Waals surface area contributed by atoms with Crippen LogP contribution in [0.1, 0.15) is 25.7 Å². The number of hydrogen-bond acceptors (Lipinski definition) is 5. The summed E-state index contributed by atoms with van der Waals surface area (Å²) in [5.74, 6) is 1.11. The van der Waals surface area contributed by atoms with E-state index < -0.39 is 10.0 Å².